The van der Waals surface area contributed by atoms with Crippen molar-refractivity contribution < 1.29 is 9.59 Å². The first-order valence-corrected chi connectivity index (χ1v) is 8.89. The van der Waals surface area contributed by atoms with E-state index in [1.54, 1.807) is 0 Å². The molecule has 3 rings (SSSR count). The minimum Gasteiger partial charge on any atom is -0.339 e. The number of nitrogens with two attached hydrogens (primary N) is 1. The molecule has 128 valence electrons. The first-order chi connectivity index (χ1) is 10.6. The van der Waals surface area contributed by atoms with Gasteiger partial charge < -0.3 is 15.5 Å². The maximum absolute atomic E-state index is 12.4. The predicted octanol–water partition coefficient (Wildman–Crippen LogP) is 1.97. The molecule has 2 heterocycles. The molecule has 23 heavy (non-hydrogen) atoms. The average molecular weight is 358 g/mol. The van der Waals surface area contributed by atoms with E-state index >= 15 is 0 Å². The van der Waals surface area contributed by atoms with E-state index in [0.29, 0.717) is 38.5 Å². The molecular formula is C16H24ClN3O2S. The molecule has 7 heteroatoms. The number of hydrogen-bond donors (Lipinski definition) is 1. The highest BCUT2D eigenvalue weighted by Crippen LogP contribution is 2.27. The normalized spacial score (nSPS) is 24.4. The summed E-state index contributed by atoms with van der Waals surface area (Å²) in [6.07, 6.45) is 3.83. The zero-order chi connectivity index (χ0) is 15.5. The van der Waals surface area contributed by atoms with Crippen molar-refractivity contribution in [3.8, 4) is 0 Å². The molecule has 2 N–H and O–H groups in total. The summed E-state index contributed by atoms with van der Waals surface area (Å²) in [6, 6.07) is 3.93. The molecule has 1 saturated heterocycles. The topological polar surface area (TPSA) is 66.6 Å². The molecule has 0 aromatic carbocycles. The number of carbonyl (C=O) groups is 2. The van der Waals surface area contributed by atoms with Gasteiger partial charge in [0, 0.05) is 38.6 Å². The second kappa shape index (κ2) is 8.13. The van der Waals surface area contributed by atoms with Gasteiger partial charge in [0.25, 0.3) is 5.91 Å². The largest absolute Gasteiger partial charge is 0.339 e. The standard InChI is InChI=1S/C16H23N3O2S.ClH/c17-13-4-1-3-12(13)11-15(20)18-6-8-19(9-7-18)16(21)14-5-2-10-22-14;/h2,5,10,12-13H,1,3-4,6-9,11,17H2;1H/t12-,13+;/m0./s1. The summed E-state index contributed by atoms with van der Waals surface area (Å²) in [5, 5.41) is 1.91. The number of thiophene rings is 1. The van der Waals surface area contributed by atoms with Crippen LogP contribution in [0.5, 0.6) is 0 Å². The Bertz CT molecular complexity index is 529. The van der Waals surface area contributed by atoms with Gasteiger partial charge in [-0.2, -0.15) is 0 Å². The number of piperazine rings is 1. The van der Waals surface area contributed by atoms with E-state index in [2.05, 4.69) is 0 Å². The van der Waals surface area contributed by atoms with Gasteiger partial charge in [-0.15, -0.1) is 23.7 Å². The van der Waals surface area contributed by atoms with Crippen LogP contribution in [0, 0.1) is 5.92 Å². The first-order valence-electron chi connectivity index (χ1n) is 8.01. The van der Waals surface area contributed by atoms with Gasteiger partial charge in [-0.1, -0.05) is 12.5 Å². The Morgan fingerprint density at radius 2 is 1.87 bits per heavy atom. The van der Waals surface area contributed by atoms with E-state index in [4.69, 9.17) is 5.73 Å². The SMILES string of the molecule is Cl.N[C@@H]1CCC[C@H]1CC(=O)N1CCN(C(=O)c2cccs2)CC1. The van der Waals surface area contributed by atoms with E-state index in [1.807, 2.05) is 27.3 Å². The number of rotatable bonds is 3. The molecule has 0 bridgehead atoms. The number of amides is 2. The monoisotopic (exact) mass is 357 g/mol. The third-order valence-corrected chi connectivity index (χ3v) is 5.66. The van der Waals surface area contributed by atoms with Crippen LogP contribution in [0.15, 0.2) is 17.5 Å². The van der Waals surface area contributed by atoms with Crippen LogP contribution >= 0.6 is 23.7 Å². The molecule has 1 aliphatic heterocycles. The van der Waals surface area contributed by atoms with Crippen molar-refractivity contribution in [2.24, 2.45) is 11.7 Å². The molecule has 0 radical (unpaired) electrons. The van der Waals surface area contributed by atoms with E-state index in [1.165, 1.54) is 11.3 Å². The Balaban J connectivity index is 0.00000192. The number of nitrogens with zero attached hydrogens (tertiary/aromatic N) is 2. The van der Waals surface area contributed by atoms with Gasteiger partial charge in [0.1, 0.15) is 0 Å². The summed E-state index contributed by atoms with van der Waals surface area (Å²) >= 11 is 1.47. The lowest BCUT2D eigenvalue weighted by Gasteiger charge is -2.35. The van der Waals surface area contributed by atoms with Crippen molar-refractivity contribution in [2.45, 2.75) is 31.7 Å². The van der Waals surface area contributed by atoms with Crippen LogP contribution in [0.3, 0.4) is 0 Å². The fraction of sp³-hybridized carbons (Fsp3) is 0.625. The molecule has 1 aromatic heterocycles. The van der Waals surface area contributed by atoms with Crippen LogP contribution in [0.25, 0.3) is 0 Å². The van der Waals surface area contributed by atoms with Crippen LogP contribution in [0.4, 0.5) is 0 Å². The summed E-state index contributed by atoms with van der Waals surface area (Å²) in [4.78, 5) is 29.2. The van der Waals surface area contributed by atoms with Crippen LogP contribution in [-0.4, -0.2) is 53.8 Å². The minimum absolute atomic E-state index is 0. The van der Waals surface area contributed by atoms with Gasteiger partial charge in [0.15, 0.2) is 0 Å². The zero-order valence-corrected chi connectivity index (χ0v) is 14.8. The van der Waals surface area contributed by atoms with Crippen molar-refractivity contribution in [2.75, 3.05) is 26.2 Å². The number of hydrogen-bond acceptors (Lipinski definition) is 4. The maximum Gasteiger partial charge on any atom is 0.264 e. The van der Waals surface area contributed by atoms with Crippen molar-refractivity contribution in [3.05, 3.63) is 22.4 Å². The Morgan fingerprint density at radius 3 is 2.43 bits per heavy atom. The zero-order valence-electron chi connectivity index (χ0n) is 13.1. The highest BCUT2D eigenvalue weighted by molar-refractivity contribution is 7.12. The lowest BCUT2D eigenvalue weighted by atomic mass is 9.99. The third kappa shape index (κ3) is 4.25. The minimum atomic E-state index is 0. The highest BCUT2D eigenvalue weighted by Gasteiger charge is 2.30. The fourth-order valence-corrected chi connectivity index (χ4v) is 4.08. The van der Waals surface area contributed by atoms with Gasteiger partial charge >= 0.3 is 0 Å². The molecule has 1 aromatic rings. The van der Waals surface area contributed by atoms with Crippen LogP contribution in [-0.2, 0) is 4.79 Å². The quantitative estimate of drug-likeness (QED) is 0.899. The van der Waals surface area contributed by atoms with Crippen molar-refractivity contribution in [1.29, 1.82) is 0 Å². The Kier molecular flexibility index (Phi) is 6.44. The van der Waals surface area contributed by atoms with E-state index in [9.17, 15) is 9.59 Å². The summed E-state index contributed by atoms with van der Waals surface area (Å²) in [5.41, 5.74) is 6.05. The molecule has 0 unspecified atom stereocenters. The van der Waals surface area contributed by atoms with Crippen LogP contribution < -0.4 is 5.73 Å². The molecule has 2 fully saturated rings. The fourth-order valence-electron chi connectivity index (χ4n) is 3.39. The molecule has 2 aliphatic rings. The molecule has 2 amide bonds. The van der Waals surface area contributed by atoms with Gasteiger partial charge in [-0.05, 0) is 30.2 Å². The number of halogens is 1. The summed E-state index contributed by atoms with van der Waals surface area (Å²) in [7, 11) is 0. The van der Waals surface area contributed by atoms with E-state index < -0.39 is 0 Å². The smallest absolute Gasteiger partial charge is 0.264 e. The second-order valence-corrected chi connectivity index (χ2v) is 7.16. The Morgan fingerprint density at radius 1 is 1.17 bits per heavy atom. The summed E-state index contributed by atoms with van der Waals surface area (Å²) < 4.78 is 0. The van der Waals surface area contributed by atoms with Crippen LogP contribution in [0.2, 0.25) is 0 Å². The lowest BCUT2D eigenvalue weighted by Crippen LogP contribution is -2.51. The average Bonchev–Trinajstić information content (AvgIpc) is 3.19. The van der Waals surface area contributed by atoms with Gasteiger partial charge in [-0.3, -0.25) is 9.59 Å². The maximum atomic E-state index is 12.4. The van der Waals surface area contributed by atoms with Crippen molar-refractivity contribution in [1.82, 2.24) is 9.80 Å². The van der Waals surface area contributed by atoms with E-state index in [-0.39, 0.29) is 30.3 Å². The predicted molar refractivity (Wildman–Crippen MR) is 94.0 cm³/mol. The third-order valence-electron chi connectivity index (χ3n) is 4.81. The molecule has 1 saturated carbocycles. The summed E-state index contributed by atoms with van der Waals surface area (Å²) in [6.45, 7) is 2.52. The molecular weight excluding hydrogens is 334 g/mol. The van der Waals surface area contributed by atoms with Gasteiger partial charge in [0.2, 0.25) is 5.91 Å². The second-order valence-electron chi connectivity index (χ2n) is 6.21. The van der Waals surface area contributed by atoms with Gasteiger partial charge in [0.05, 0.1) is 4.88 Å². The Hall–Kier alpha value is -1.11. The highest BCUT2D eigenvalue weighted by atomic mass is 35.5. The summed E-state index contributed by atoms with van der Waals surface area (Å²) in [5.74, 6) is 0.628. The molecule has 2 atom stereocenters. The van der Waals surface area contributed by atoms with Gasteiger partial charge in [-0.25, -0.2) is 0 Å². The molecule has 0 spiro atoms. The van der Waals surface area contributed by atoms with E-state index in [0.717, 1.165) is 24.1 Å². The van der Waals surface area contributed by atoms with Crippen molar-refractivity contribution >= 4 is 35.6 Å². The molecule has 1 aliphatic carbocycles. The lowest BCUT2D eigenvalue weighted by molar-refractivity contribution is -0.133. The first kappa shape index (κ1) is 18.2. The molecule has 5 nitrogen and oxygen atoms in total. The number of carbonyl (C=O) groups excluding carboxylic acids is 2. The van der Waals surface area contributed by atoms with Crippen LogP contribution in [0.1, 0.15) is 35.4 Å². The van der Waals surface area contributed by atoms with Crippen molar-refractivity contribution in [3.63, 3.8) is 0 Å². The Labute approximate surface area is 147 Å².